The zero-order valence-electron chi connectivity index (χ0n) is 28.7. The van der Waals surface area contributed by atoms with Gasteiger partial charge in [-0.2, -0.15) is 0 Å². The quantitative estimate of drug-likeness (QED) is 0.161. The minimum atomic E-state index is -1.08. The molecule has 1 fully saturated rings. The summed E-state index contributed by atoms with van der Waals surface area (Å²) in [4.78, 5) is 49.1. The monoisotopic (exact) mass is 681 g/mol. The van der Waals surface area contributed by atoms with Gasteiger partial charge in [0, 0.05) is 50.9 Å². The fraction of sp³-hybridized carbons (Fsp3) is 0.350. The number of benzene rings is 3. The van der Waals surface area contributed by atoms with Gasteiger partial charge in [0.25, 0.3) is 0 Å². The number of hydrogen-bond donors (Lipinski definition) is 2. The predicted octanol–water partition coefficient (Wildman–Crippen LogP) is 5.53. The fourth-order valence-corrected chi connectivity index (χ4v) is 6.46. The molecule has 1 aliphatic carbocycles. The highest BCUT2D eigenvalue weighted by Crippen LogP contribution is 2.32. The molecule has 3 N–H and O–H groups in total. The average molecular weight is 682 g/mol. The number of carbonyl (C=O) groups excluding carboxylic acids is 3. The zero-order valence-corrected chi connectivity index (χ0v) is 28.7. The number of aromatic nitrogens is 1. The molecule has 262 valence electrons. The van der Waals surface area contributed by atoms with Crippen LogP contribution in [0, 0.1) is 11.6 Å². The van der Waals surface area contributed by atoms with Crippen LogP contribution in [0.5, 0.6) is 0 Å². The number of nitrogens with two attached hydrogens (primary N) is 1. The molecule has 8 nitrogen and oxygen atoms in total. The van der Waals surface area contributed by atoms with Crippen molar-refractivity contribution >= 4 is 28.5 Å². The molecule has 0 radical (unpaired) electrons. The topological polar surface area (TPSA) is 109 Å². The molecule has 1 heterocycles. The van der Waals surface area contributed by atoms with E-state index in [9.17, 15) is 23.2 Å². The molecular weight excluding hydrogens is 636 g/mol. The van der Waals surface area contributed by atoms with Gasteiger partial charge in [-0.15, -0.1) is 0 Å². The molecule has 2 atom stereocenters. The maximum atomic E-state index is 14.6. The van der Waals surface area contributed by atoms with Crippen LogP contribution in [0.3, 0.4) is 0 Å². The first kappa shape index (κ1) is 36.3. The fourth-order valence-electron chi connectivity index (χ4n) is 6.46. The lowest BCUT2D eigenvalue weighted by Crippen LogP contribution is -2.56. The van der Waals surface area contributed by atoms with Crippen LogP contribution in [0.4, 0.5) is 8.78 Å². The van der Waals surface area contributed by atoms with E-state index in [1.54, 1.807) is 18.5 Å². The van der Waals surface area contributed by atoms with E-state index in [1.165, 1.54) is 29.0 Å². The van der Waals surface area contributed by atoms with Crippen LogP contribution in [-0.4, -0.2) is 70.3 Å². The second kappa shape index (κ2) is 16.6. The van der Waals surface area contributed by atoms with Crippen LogP contribution < -0.4 is 11.1 Å². The number of pyridine rings is 1. The molecule has 1 saturated carbocycles. The Balaban J connectivity index is 1.43. The predicted molar refractivity (Wildman–Crippen MR) is 191 cm³/mol. The van der Waals surface area contributed by atoms with Gasteiger partial charge >= 0.3 is 0 Å². The van der Waals surface area contributed by atoms with Gasteiger partial charge in [0.1, 0.15) is 12.1 Å². The van der Waals surface area contributed by atoms with E-state index in [2.05, 4.69) is 10.3 Å². The van der Waals surface area contributed by atoms with Gasteiger partial charge in [-0.25, -0.2) is 8.78 Å². The summed E-state index contributed by atoms with van der Waals surface area (Å²) in [5.41, 5.74) is 8.25. The number of carbonyl (C=O) groups is 3. The molecule has 0 aliphatic heterocycles. The van der Waals surface area contributed by atoms with Crippen molar-refractivity contribution in [3.8, 4) is 0 Å². The number of hydrogen-bond acceptors (Lipinski definition) is 5. The SMILES string of the molecule is CCN(C(=O)/C=C/CC1(N)CCC1)[C@H](Cc1ccc2ccccc2c1)C(=O)N(C)[C@H](Cc1ccc(F)c(F)c1)C(=O)NCCc1ccncc1. The Morgan fingerprint density at radius 3 is 2.26 bits per heavy atom. The van der Waals surface area contributed by atoms with Crippen molar-refractivity contribution < 1.29 is 23.2 Å². The molecule has 5 rings (SSSR count). The van der Waals surface area contributed by atoms with E-state index in [4.69, 9.17) is 5.73 Å². The maximum Gasteiger partial charge on any atom is 0.246 e. The lowest BCUT2D eigenvalue weighted by atomic mass is 9.75. The number of fused-ring (bicyclic) bond motifs is 1. The lowest BCUT2D eigenvalue weighted by Gasteiger charge is -2.37. The van der Waals surface area contributed by atoms with Crippen LogP contribution >= 0.6 is 0 Å². The molecule has 50 heavy (non-hydrogen) atoms. The third-order valence-corrected chi connectivity index (χ3v) is 9.66. The summed E-state index contributed by atoms with van der Waals surface area (Å²) in [5, 5.41) is 4.96. The Morgan fingerprint density at radius 2 is 1.58 bits per heavy atom. The number of likely N-dealkylation sites (N-methyl/N-ethyl adjacent to an activating group) is 2. The normalized spacial score (nSPS) is 14.9. The standard InChI is InChI=1S/C40H45F2N5O3/c1-3-47(37(48)10-6-18-40(43)19-7-20-40)36(27-29-11-13-31-8-4-5-9-32(31)24-29)39(50)46(2)35(26-30-12-14-33(41)34(42)25-30)38(49)45-23-17-28-15-21-44-22-16-28/h4-6,8-16,21-22,24-25,35-36H,3,7,17-20,23,26-27,43H2,1-2H3,(H,45,49)/b10-6+/t35-,36-/m1/s1. The van der Waals surface area contributed by atoms with Gasteiger partial charge in [-0.3, -0.25) is 19.4 Å². The summed E-state index contributed by atoms with van der Waals surface area (Å²) in [6.45, 7) is 2.33. The molecule has 3 aromatic carbocycles. The van der Waals surface area contributed by atoms with Gasteiger partial charge in [-0.05, 0) is 96.8 Å². The highest BCUT2D eigenvalue weighted by atomic mass is 19.2. The summed E-state index contributed by atoms with van der Waals surface area (Å²) < 4.78 is 28.1. The molecule has 0 spiro atoms. The molecule has 0 saturated heterocycles. The summed E-state index contributed by atoms with van der Waals surface area (Å²) in [5.74, 6) is -3.28. The van der Waals surface area contributed by atoms with E-state index >= 15 is 0 Å². The Hall–Kier alpha value is -4.96. The first-order valence-electron chi connectivity index (χ1n) is 17.2. The minimum absolute atomic E-state index is 0.0677. The number of nitrogens with one attached hydrogen (secondary N) is 1. The zero-order chi connectivity index (χ0) is 35.7. The Bertz CT molecular complexity index is 1830. The Morgan fingerprint density at radius 1 is 0.900 bits per heavy atom. The molecule has 10 heteroatoms. The van der Waals surface area contributed by atoms with Crippen molar-refractivity contribution in [1.82, 2.24) is 20.1 Å². The van der Waals surface area contributed by atoms with E-state index in [0.29, 0.717) is 18.4 Å². The van der Waals surface area contributed by atoms with E-state index in [0.717, 1.165) is 53.3 Å². The van der Waals surface area contributed by atoms with Crippen molar-refractivity contribution in [1.29, 1.82) is 0 Å². The van der Waals surface area contributed by atoms with E-state index < -0.39 is 35.5 Å². The Labute approximate surface area is 292 Å². The molecule has 1 aliphatic rings. The Kier molecular flexibility index (Phi) is 12.1. The lowest BCUT2D eigenvalue weighted by molar-refractivity contribution is -0.146. The van der Waals surface area contributed by atoms with Crippen molar-refractivity contribution in [2.45, 2.75) is 69.5 Å². The van der Waals surface area contributed by atoms with Crippen molar-refractivity contribution in [3.05, 3.63) is 126 Å². The number of halogens is 2. The molecule has 3 amide bonds. The summed E-state index contributed by atoms with van der Waals surface area (Å²) in [6.07, 6.45) is 10.7. The highest BCUT2D eigenvalue weighted by molar-refractivity contribution is 5.95. The smallest absolute Gasteiger partial charge is 0.246 e. The first-order valence-corrected chi connectivity index (χ1v) is 17.2. The van der Waals surface area contributed by atoms with Gasteiger partial charge in [0.15, 0.2) is 11.6 Å². The van der Waals surface area contributed by atoms with Gasteiger partial charge in [0.05, 0.1) is 0 Å². The van der Waals surface area contributed by atoms with Gasteiger partial charge in [0.2, 0.25) is 17.7 Å². The van der Waals surface area contributed by atoms with Crippen LogP contribution in [0.1, 0.15) is 49.3 Å². The number of rotatable bonds is 15. The third-order valence-electron chi connectivity index (χ3n) is 9.66. The minimum Gasteiger partial charge on any atom is -0.354 e. The van der Waals surface area contributed by atoms with Crippen LogP contribution in [0.2, 0.25) is 0 Å². The number of nitrogens with zero attached hydrogens (tertiary/aromatic N) is 3. The van der Waals surface area contributed by atoms with E-state index in [-0.39, 0.29) is 37.4 Å². The summed E-state index contributed by atoms with van der Waals surface area (Å²) >= 11 is 0. The van der Waals surface area contributed by atoms with Crippen molar-refractivity contribution in [2.75, 3.05) is 20.1 Å². The largest absolute Gasteiger partial charge is 0.354 e. The summed E-state index contributed by atoms with van der Waals surface area (Å²) in [7, 11) is 1.52. The third kappa shape index (κ3) is 9.18. The molecule has 1 aromatic heterocycles. The van der Waals surface area contributed by atoms with Crippen molar-refractivity contribution in [3.63, 3.8) is 0 Å². The highest BCUT2D eigenvalue weighted by Gasteiger charge is 2.36. The van der Waals surface area contributed by atoms with Crippen LogP contribution in [-0.2, 0) is 33.6 Å². The second-order valence-electron chi connectivity index (χ2n) is 13.2. The van der Waals surface area contributed by atoms with Gasteiger partial charge < -0.3 is 20.9 Å². The van der Waals surface area contributed by atoms with Crippen LogP contribution in [0.15, 0.2) is 97.3 Å². The molecule has 0 bridgehead atoms. The maximum absolute atomic E-state index is 14.6. The average Bonchev–Trinajstić information content (AvgIpc) is 3.11. The first-order chi connectivity index (χ1) is 24.1. The second-order valence-corrected chi connectivity index (χ2v) is 13.2. The molecule has 0 unspecified atom stereocenters. The van der Waals surface area contributed by atoms with E-state index in [1.807, 2.05) is 61.5 Å². The van der Waals surface area contributed by atoms with Crippen molar-refractivity contribution in [2.24, 2.45) is 5.73 Å². The molecule has 4 aromatic rings. The molecular formula is C40H45F2N5O3. The van der Waals surface area contributed by atoms with Crippen LogP contribution in [0.25, 0.3) is 10.8 Å². The van der Waals surface area contributed by atoms with Gasteiger partial charge in [-0.1, -0.05) is 54.6 Å². The summed E-state index contributed by atoms with van der Waals surface area (Å²) in [6, 6.07) is 18.9. The number of amides is 3.